The molecule has 0 radical (unpaired) electrons. The van der Waals surface area contributed by atoms with Crippen LogP contribution in [0.5, 0.6) is 5.75 Å². The molecule has 1 N–H and O–H groups in total. The van der Waals surface area contributed by atoms with Crippen LogP contribution in [0.2, 0.25) is 0 Å². The monoisotopic (exact) mass is 507 g/mol. The van der Waals surface area contributed by atoms with Gasteiger partial charge in [-0.2, -0.15) is 5.10 Å². The maximum absolute atomic E-state index is 14.0. The zero-order valence-electron chi connectivity index (χ0n) is 19.5. The first kappa shape index (κ1) is 24.1. The number of ether oxygens (including phenoxy) is 1. The number of carboxylic acid groups (broad SMARTS) is 1. The Morgan fingerprint density at radius 2 is 1.62 bits per heavy atom. The second-order valence-electron chi connectivity index (χ2n) is 8.67. The molecule has 37 heavy (non-hydrogen) atoms. The van der Waals surface area contributed by atoms with Crippen LogP contribution >= 0.6 is 0 Å². The summed E-state index contributed by atoms with van der Waals surface area (Å²) < 4.78 is 49.0. The lowest BCUT2D eigenvalue weighted by Gasteiger charge is -2.24. The predicted octanol–water partition coefficient (Wildman–Crippen LogP) is 4.94. The number of aromatic nitrogens is 2. The molecule has 1 aliphatic rings. The number of nitrogens with zero attached hydrogens (tertiary/aromatic N) is 3. The number of hydrogen-bond donors (Lipinski definition) is 1. The topological polar surface area (TPSA) is 84.7 Å². The molecule has 188 valence electrons. The van der Waals surface area contributed by atoms with Gasteiger partial charge in [-0.3, -0.25) is 9.48 Å². The van der Waals surface area contributed by atoms with Crippen molar-refractivity contribution in [3.05, 3.63) is 106 Å². The van der Waals surface area contributed by atoms with Gasteiger partial charge in [-0.1, -0.05) is 12.1 Å². The Labute approximate surface area is 209 Å². The molecule has 7 nitrogen and oxygen atoms in total. The molecule has 4 aromatic rings. The van der Waals surface area contributed by atoms with E-state index in [2.05, 4.69) is 5.10 Å². The van der Waals surface area contributed by atoms with E-state index in [9.17, 15) is 22.8 Å². The SMILES string of the molecule is Cn1nc(C(=O)N(Cc2ccc(C(=O)O)cc2)Cc2cc(F)cc(F)c2)c2c1-c1cc(F)ccc1OC2. The highest BCUT2D eigenvalue weighted by Crippen LogP contribution is 2.39. The number of aromatic carboxylic acids is 1. The van der Waals surface area contributed by atoms with E-state index in [0.29, 0.717) is 28.1 Å². The fraction of sp³-hybridized carbons (Fsp3) is 0.148. The Hall–Kier alpha value is -4.60. The van der Waals surface area contributed by atoms with Crippen LogP contribution in [0.3, 0.4) is 0 Å². The molecular formula is C27H20F3N3O4. The first-order chi connectivity index (χ1) is 17.7. The number of aryl methyl sites for hydroxylation is 1. The summed E-state index contributed by atoms with van der Waals surface area (Å²) in [6, 6.07) is 13.0. The number of hydrogen-bond acceptors (Lipinski definition) is 4. The summed E-state index contributed by atoms with van der Waals surface area (Å²) in [5, 5.41) is 13.6. The number of carbonyl (C=O) groups is 2. The lowest BCUT2D eigenvalue weighted by molar-refractivity contribution is 0.0692. The minimum atomic E-state index is -1.09. The Kier molecular flexibility index (Phi) is 6.16. The quantitative estimate of drug-likeness (QED) is 0.400. The fourth-order valence-electron chi connectivity index (χ4n) is 4.42. The number of benzene rings is 3. The van der Waals surface area contributed by atoms with Crippen LogP contribution in [0.1, 0.15) is 37.5 Å². The maximum atomic E-state index is 14.0. The predicted molar refractivity (Wildman–Crippen MR) is 126 cm³/mol. The van der Waals surface area contributed by atoms with E-state index in [-0.39, 0.29) is 36.5 Å². The highest BCUT2D eigenvalue weighted by atomic mass is 19.1. The van der Waals surface area contributed by atoms with Crippen molar-refractivity contribution >= 4 is 11.9 Å². The van der Waals surface area contributed by atoms with Crippen LogP contribution in [-0.4, -0.2) is 31.7 Å². The molecule has 5 rings (SSSR count). The molecule has 3 aromatic carbocycles. The van der Waals surface area contributed by atoms with E-state index in [1.165, 1.54) is 39.9 Å². The van der Waals surface area contributed by atoms with E-state index < -0.39 is 29.3 Å². The van der Waals surface area contributed by atoms with Crippen molar-refractivity contribution in [3.8, 4) is 17.0 Å². The minimum Gasteiger partial charge on any atom is -0.488 e. The van der Waals surface area contributed by atoms with Gasteiger partial charge in [0.25, 0.3) is 5.91 Å². The Morgan fingerprint density at radius 1 is 0.946 bits per heavy atom. The van der Waals surface area contributed by atoms with Crippen molar-refractivity contribution in [2.24, 2.45) is 7.05 Å². The summed E-state index contributed by atoms with van der Waals surface area (Å²) in [6.07, 6.45) is 0. The van der Waals surface area contributed by atoms with E-state index in [4.69, 9.17) is 9.84 Å². The number of rotatable bonds is 6. The van der Waals surface area contributed by atoms with Crippen LogP contribution in [0.25, 0.3) is 11.3 Å². The van der Waals surface area contributed by atoms with Gasteiger partial charge in [-0.15, -0.1) is 0 Å². The van der Waals surface area contributed by atoms with Gasteiger partial charge in [-0.05, 0) is 53.6 Å². The van der Waals surface area contributed by atoms with Crippen molar-refractivity contribution in [2.45, 2.75) is 19.7 Å². The van der Waals surface area contributed by atoms with Gasteiger partial charge in [0.15, 0.2) is 5.69 Å². The molecule has 0 unspecified atom stereocenters. The minimum absolute atomic E-state index is 0.00822. The molecule has 0 bridgehead atoms. The normalized spacial score (nSPS) is 11.9. The molecule has 1 amide bonds. The van der Waals surface area contributed by atoms with Gasteiger partial charge < -0.3 is 14.7 Å². The number of fused-ring (bicyclic) bond motifs is 3. The molecular weight excluding hydrogens is 487 g/mol. The van der Waals surface area contributed by atoms with Gasteiger partial charge in [0.05, 0.1) is 11.3 Å². The van der Waals surface area contributed by atoms with Crippen molar-refractivity contribution in [3.63, 3.8) is 0 Å². The molecule has 2 heterocycles. The highest BCUT2D eigenvalue weighted by Gasteiger charge is 2.31. The molecule has 0 fully saturated rings. The second kappa shape index (κ2) is 9.45. The van der Waals surface area contributed by atoms with Crippen LogP contribution < -0.4 is 4.74 Å². The van der Waals surface area contributed by atoms with E-state index in [1.807, 2.05) is 0 Å². The molecule has 0 atom stereocenters. The standard InChI is InChI=1S/C27H20F3N3O4/c1-32-25-21-11-18(28)6-7-23(21)37-14-22(25)24(31-32)26(34)33(13-16-8-19(29)10-20(30)9-16)12-15-2-4-17(5-3-15)27(35)36/h2-11H,12-14H2,1H3,(H,35,36). The van der Waals surface area contributed by atoms with Crippen molar-refractivity contribution < 1.29 is 32.6 Å². The summed E-state index contributed by atoms with van der Waals surface area (Å²) in [7, 11) is 1.63. The molecule has 1 aliphatic heterocycles. The average molecular weight is 507 g/mol. The van der Waals surface area contributed by atoms with E-state index in [0.717, 1.165) is 18.2 Å². The van der Waals surface area contributed by atoms with Crippen molar-refractivity contribution in [1.29, 1.82) is 0 Å². The third-order valence-corrected chi connectivity index (χ3v) is 6.07. The average Bonchev–Trinajstić information content (AvgIpc) is 3.19. The number of carboxylic acids is 1. The molecule has 0 aliphatic carbocycles. The number of carbonyl (C=O) groups excluding carboxylic acids is 1. The Bertz CT molecular complexity index is 1510. The third-order valence-electron chi connectivity index (χ3n) is 6.07. The lowest BCUT2D eigenvalue weighted by Crippen LogP contribution is -2.31. The second-order valence-corrected chi connectivity index (χ2v) is 8.67. The van der Waals surface area contributed by atoms with Crippen LogP contribution in [0.4, 0.5) is 13.2 Å². The Morgan fingerprint density at radius 3 is 2.30 bits per heavy atom. The number of amides is 1. The summed E-state index contributed by atoms with van der Waals surface area (Å²) >= 11 is 0. The zero-order valence-corrected chi connectivity index (χ0v) is 19.5. The molecule has 10 heteroatoms. The first-order valence-electron chi connectivity index (χ1n) is 11.2. The summed E-state index contributed by atoms with van der Waals surface area (Å²) in [5.41, 5.74) is 2.42. The van der Waals surface area contributed by atoms with Gasteiger partial charge in [-0.25, -0.2) is 18.0 Å². The van der Waals surface area contributed by atoms with Crippen LogP contribution in [0, 0.1) is 17.5 Å². The van der Waals surface area contributed by atoms with Crippen molar-refractivity contribution in [2.75, 3.05) is 0 Å². The van der Waals surface area contributed by atoms with Gasteiger partial charge in [0.1, 0.15) is 29.8 Å². The smallest absolute Gasteiger partial charge is 0.335 e. The summed E-state index contributed by atoms with van der Waals surface area (Å²) in [6.45, 7) is -0.113. The largest absolute Gasteiger partial charge is 0.488 e. The van der Waals surface area contributed by atoms with E-state index in [1.54, 1.807) is 19.2 Å². The molecule has 0 spiro atoms. The fourth-order valence-corrected chi connectivity index (χ4v) is 4.42. The van der Waals surface area contributed by atoms with Crippen LogP contribution in [-0.2, 0) is 26.7 Å². The maximum Gasteiger partial charge on any atom is 0.335 e. The molecule has 0 saturated heterocycles. The molecule has 0 saturated carbocycles. The van der Waals surface area contributed by atoms with Gasteiger partial charge >= 0.3 is 5.97 Å². The lowest BCUT2D eigenvalue weighted by atomic mass is 10.0. The van der Waals surface area contributed by atoms with E-state index >= 15 is 0 Å². The summed E-state index contributed by atoms with van der Waals surface area (Å²) in [5.74, 6) is -3.20. The zero-order chi connectivity index (χ0) is 26.3. The van der Waals surface area contributed by atoms with Gasteiger partial charge in [0, 0.05) is 37.3 Å². The Balaban J connectivity index is 1.53. The highest BCUT2D eigenvalue weighted by molar-refractivity contribution is 5.96. The number of halogens is 3. The summed E-state index contributed by atoms with van der Waals surface area (Å²) in [4.78, 5) is 26.4. The third kappa shape index (κ3) is 4.77. The molecule has 1 aromatic heterocycles. The van der Waals surface area contributed by atoms with Crippen LogP contribution in [0.15, 0.2) is 60.7 Å². The first-order valence-corrected chi connectivity index (χ1v) is 11.2. The van der Waals surface area contributed by atoms with Crippen molar-refractivity contribution in [1.82, 2.24) is 14.7 Å². The van der Waals surface area contributed by atoms with Gasteiger partial charge in [0.2, 0.25) is 0 Å².